The number of carbonyl (C=O) groups is 3. The lowest BCUT2D eigenvalue weighted by molar-refractivity contribution is -0.148. The van der Waals surface area contributed by atoms with E-state index in [0.717, 1.165) is 5.56 Å². The second-order valence-corrected chi connectivity index (χ2v) is 10.4. The second kappa shape index (κ2) is 11.1. The number of carboxylic acids is 1. The highest BCUT2D eigenvalue weighted by molar-refractivity contribution is 6.03. The summed E-state index contributed by atoms with van der Waals surface area (Å²) in [5.41, 5.74) is 1.64. The van der Waals surface area contributed by atoms with Crippen molar-refractivity contribution in [3.63, 3.8) is 0 Å². The lowest BCUT2D eigenvalue weighted by Crippen LogP contribution is -2.55. The Morgan fingerprint density at radius 3 is 2.07 bits per heavy atom. The molecule has 2 N–H and O–H groups in total. The topological polar surface area (TPSA) is 111 Å². The zero-order chi connectivity index (χ0) is 29.1. The quantitative estimate of drug-likeness (QED) is 0.267. The summed E-state index contributed by atoms with van der Waals surface area (Å²) < 4.78 is 0. The van der Waals surface area contributed by atoms with Gasteiger partial charge in [0.1, 0.15) is 5.54 Å². The van der Waals surface area contributed by atoms with Gasteiger partial charge in [-0.05, 0) is 54.8 Å². The first-order valence-electron chi connectivity index (χ1n) is 13.3. The van der Waals surface area contributed by atoms with Gasteiger partial charge < -0.3 is 10.4 Å². The van der Waals surface area contributed by atoms with Crippen LogP contribution in [0.3, 0.4) is 0 Å². The molecule has 0 bridgehead atoms. The first-order chi connectivity index (χ1) is 19.8. The molecule has 4 aromatic carbocycles. The van der Waals surface area contributed by atoms with Crippen molar-refractivity contribution in [2.24, 2.45) is 5.92 Å². The van der Waals surface area contributed by atoms with Crippen LogP contribution in [-0.2, 0) is 4.79 Å². The van der Waals surface area contributed by atoms with Crippen molar-refractivity contribution >= 4 is 23.5 Å². The maximum absolute atomic E-state index is 14.4. The van der Waals surface area contributed by atoms with Crippen LogP contribution in [0.2, 0.25) is 0 Å². The average Bonchev–Trinajstić information content (AvgIpc) is 3.28. The molecular weight excluding hydrogens is 514 g/mol. The SMILES string of the molecule is Cc1cccc(NC(=O)N2C(c3ccc(C#N)cc3)C(C(=O)c3ccccc3)C(c3ccccc3)C2(C)C(=O)O)c1. The molecule has 2 amide bonds. The van der Waals surface area contributed by atoms with Gasteiger partial charge in [-0.15, -0.1) is 0 Å². The Hall–Kier alpha value is -5.22. The molecule has 1 heterocycles. The summed E-state index contributed by atoms with van der Waals surface area (Å²) in [5, 5.41) is 23.2. The molecule has 1 aliphatic heterocycles. The van der Waals surface area contributed by atoms with Crippen molar-refractivity contribution in [3.8, 4) is 6.07 Å². The molecule has 7 heteroatoms. The number of aliphatic carboxylic acids is 1. The van der Waals surface area contributed by atoms with E-state index >= 15 is 0 Å². The van der Waals surface area contributed by atoms with Gasteiger partial charge in [0.25, 0.3) is 0 Å². The number of ketones is 1. The highest BCUT2D eigenvalue weighted by atomic mass is 16.4. The van der Waals surface area contributed by atoms with Crippen molar-refractivity contribution < 1.29 is 19.5 Å². The molecule has 1 aliphatic rings. The molecule has 0 aliphatic carbocycles. The lowest BCUT2D eigenvalue weighted by Gasteiger charge is -2.37. The van der Waals surface area contributed by atoms with Crippen LogP contribution >= 0.6 is 0 Å². The van der Waals surface area contributed by atoms with E-state index in [1.807, 2.05) is 19.1 Å². The number of hydrogen-bond acceptors (Lipinski definition) is 4. The second-order valence-electron chi connectivity index (χ2n) is 10.4. The van der Waals surface area contributed by atoms with Crippen LogP contribution in [0, 0.1) is 24.2 Å². The van der Waals surface area contributed by atoms with E-state index in [2.05, 4.69) is 11.4 Å². The number of likely N-dealkylation sites (tertiary alicyclic amines) is 1. The predicted octanol–water partition coefficient (Wildman–Crippen LogP) is 6.58. The smallest absolute Gasteiger partial charge is 0.330 e. The molecule has 0 saturated carbocycles. The average molecular weight is 544 g/mol. The van der Waals surface area contributed by atoms with E-state index < -0.39 is 35.4 Å². The third kappa shape index (κ3) is 4.96. The fourth-order valence-corrected chi connectivity index (χ4v) is 6.00. The molecular formula is C34H29N3O4. The number of carboxylic acid groups (broad SMARTS) is 1. The first-order valence-corrected chi connectivity index (χ1v) is 13.3. The van der Waals surface area contributed by atoms with Gasteiger partial charge >= 0.3 is 12.0 Å². The summed E-state index contributed by atoms with van der Waals surface area (Å²) in [6.45, 7) is 3.41. The molecule has 4 atom stereocenters. The van der Waals surface area contributed by atoms with Crippen molar-refractivity contribution in [3.05, 3.63) is 137 Å². The van der Waals surface area contributed by atoms with Crippen LogP contribution in [0.25, 0.3) is 0 Å². The van der Waals surface area contributed by atoms with E-state index in [0.29, 0.717) is 27.9 Å². The number of rotatable bonds is 6. The molecule has 0 spiro atoms. The van der Waals surface area contributed by atoms with Crippen molar-refractivity contribution in [1.29, 1.82) is 5.26 Å². The Balaban J connectivity index is 1.76. The minimum Gasteiger partial charge on any atom is -0.479 e. The van der Waals surface area contributed by atoms with Gasteiger partial charge in [0.2, 0.25) is 0 Å². The van der Waals surface area contributed by atoms with Crippen LogP contribution < -0.4 is 5.32 Å². The molecule has 4 aromatic rings. The number of amides is 2. The molecule has 0 radical (unpaired) electrons. The Morgan fingerprint density at radius 2 is 1.49 bits per heavy atom. The van der Waals surface area contributed by atoms with Crippen LogP contribution in [0.15, 0.2) is 109 Å². The van der Waals surface area contributed by atoms with Gasteiger partial charge in [-0.25, -0.2) is 9.59 Å². The Labute approximate surface area is 238 Å². The zero-order valence-corrected chi connectivity index (χ0v) is 22.7. The zero-order valence-electron chi connectivity index (χ0n) is 22.7. The molecule has 1 fully saturated rings. The predicted molar refractivity (Wildman–Crippen MR) is 155 cm³/mol. The molecule has 0 aromatic heterocycles. The number of aryl methyl sites for hydroxylation is 1. The van der Waals surface area contributed by atoms with Crippen molar-refractivity contribution in [2.75, 3.05) is 5.32 Å². The number of anilines is 1. The normalized spacial score (nSPS) is 21.6. The van der Waals surface area contributed by atoms with E-state index in [1.54, 1.807) is 97.1 Å². The molecule has 4 unspecified atom stereocenters. The Morgan fingerprint density at radius 1 is 0.854 bits per heavy atom. The highest BCUT2D eigenvalue weighted by Crippen LogP contribution is 2.56. The number of nitrogens with one attached hydrogen (secondary N) is 1. The highest BCUT2D eigenvalue weighted by Gasteiger charge is 2.65. The summed E-state index contributed by atoms with van der Waals surface area (Å²) in [6.07, 6.45) is 0. The maximum Gasteiger partial charge on any atom is 0.330 e. The van der Waals surface area contributed by atoms with Gasteiger partial charge in [0.05, 0.1) is 23.6 Å². The fourth-order valence-electron chi connectivity index (χ4n) is 6.00. The number of carbonyl (C=O) groups excluding carboxylic acids is 2. The molecule has 5 rings (SSSR count). The fraction of sp³-hybridized carbons (Fsp3) is 0.176. The maximum atomic E-state index is 14.4. The Kier molecular flexibility index (Phi) is 7.41. The van der Waals surface area contributed by atoms with Crippen molar-refractivity contribution in [1.82, 2.24) is 4.90 Å². The number of nitrogens with zero attached hydrogens (tertiary/aromatic N) is 2. The van der Waals surface area contributed by atoms with E-state index in [-0.39, 0.29) is 5.78 Å². The van der Waals surface area contributed by atoms with Gasteiger partial charge in [-0.1, -0.05) is 84.9 Å². The monoisotopic (exact) mass is 543 g/mol. The summed E-state index contributed by atoms with van der Waals surface area (Å²) in [4.78, 5) is 43.3. The van der Waals surface area contributed by atoms with E-state index in [4.69, 9.17) is 0 Å². The van der Waals surface area contributed by atoms with Gasteiger partial charge in [-0.2, -0.15) is 5.26 Å². The standard InChI is InChI=1S/C34H29N3O4/c1-22-10-9-15-27(20-22)36-33(41)37-30(25-18-16-23(21-35)17-19-25)28(31(38)26-13-7-4-8-14-26)29(34(37,2)32(39)40)24-11-5-3-6-12-24/h3-20,28-30H,1-2H3,(H,36,41)(H,39,40). The van der Waals surface area contributed by atoms with Gasteiger partial charge in [0.15, 0.2) is 5.78 Å². The number of hydrogen-bond donors (Lipinski definition) is 2. The van der Waals surface area contributed by atoms with Gasteiger partial charge in [0, 0.05) is 17.2 Å². The van der Waals surface area contributed by atoms with Crippen LogP contribution in [0.1, 0.15) is 51.5 Å². The largest absolute Gasteiger partial charge is 0.479 e. The molecule has 1 saturated heterocycles. The van der Waals surface area contributed by atoms with Crippen LogP contribution in [-0.4, -0.2) is 33.3 Å². The third-order valence-corrected chi connectivity index (χ3v) is 7.91. The van der Waals surface area contributed by atoms with Crippen molar-refractivity contribution in [2.45, 2.75) is 31.3 Å². The first kappa shape index (κ1) is 27.4. The summed E-state index contributed by atoms with van der Waals surface area (Å²) in [5.74, 6) is -3.34. The number of benzene rings is 4. The molecule has 7 nitrogen and oxygen atoms in total. The minimum absolute atomic E-state index is 0.271. The van der Waals surface area contributed by atoms with E-state index in [9.17, 15) is 24.8 Å². The van der Waals surface area contributed by atoms with E-state index in [1.165, 1.54) is 11.8 Å². The van der Waals surface area contributed by atoms with Crippen LogP contribution in [0.5, 0.6) is 0 Å². The number of urea groups is 1. The Bertz CT molecular complexity index is 1630. The molecule has 41 heavy (non-hydrogen) atoms. The minimum atomic E-state index is -1.82. The lowest BCUT2D eigenvalue weighted by atomic mass is 9.71. The number of Topliss-reactive ketones (excluding diaryl/α,β-unsaturated/α-hetero) is 1. The van der Waals surface area contributed by atoms with Crippen LogP contribution in [0.4, 0.5) is 10.5 Å². The summed E-state index contributed by atoms with van der Waals surface area (Å²) in [7, 11) is 0. The van der Waals surface area contributed by atoms with Gasteiger partial charge in [-0.3, -0.25) is 9.69 Å². The number of nitriles is 1. The summed E-state index contributed by atoms with van der Waals surface area (Å²) in [6, 6.07) is 32.1. The summed E-state index contributed by atoms with van der Waals surface area (Å²) >= 11 is 0. The molecule has 204 valence electrons. The third-order valence-electron chi connectivity index (χ3n) is 7.91.